The van der Waals surface area contributed by atoms with Gasteiger partial charge < -0.3 is 15.5 Å². The molecule has 1 fully saturated rings. The molecule has 2 amide bonds. The number of hydrogen-bond donors (Lipinski definition) is 2. The van der Waals surface area contributed by atoms with E-state index in [1.54, 1.807) is 29.3 Å². The predicted octanol–water partition coefficient (Wildman–Crippen LogP) is 3.18. The Balaban J connectivity index is 1.38. The molecule has 0 atom stereocenters. The second kappa shape index (κ2) is 10.5. The number of hydrogen-bond acceptors (Lipinski definition) is 7. The number of rotatable bonds is 7. The van der Waals surface area contributed by atoms with Crippen molar-refractivity contribution in [3.63, 3.8) is 0 Å². The van der Waals surface area contributed by atoms with Gasteiger partial charge in [0.05, 0.1) is 24.1 Å². The number of anilines is 3. The lowest BCUT2D eigenvalue weighted by Gasteiger charge is -2.31. The smallest absolute Gasteiger partial charge is 0.236 e. The zero-order valence-corrected chi connectivity index (χ0v) is 19.2. The standard InChI is InChI=1S/C23H23ClFN7O2/c1-31-8-9-32(23(34)14-31)7-5-22(33)29-21-12-16(4-6-26-21)28-17-11-20(30-27-13-17)18-10-15(24)2-3-19(18)25/h2-4,6,10-13H,5,7-9,14H2,1H3,(H2,26,28,29,30,33). The summed E-state index contributed by atoms with van der Waals surface area (Å²) in [5.74, 6) is -0.305. The molecule has 1 aliphatic heterocycles. The second-order valence-electron chi connectivity index (χ2n) is 7.93. The van der Waals surface area contributed by atoms with Gasteiger partial charge in [0.1, 0.15) is 11.6 Å². The molecule has 0 unspecified atom stereocenters. The molecule has 2 aromatic heterocycles. The fourth-order valence-electron chi connectivity index (χ4n) is 3.51. The molecule has 0 spiro atoms. The van der Waals surface area contributed by atoms with Crippen molar-refractivity contribution < 1.29 is 14.0 Å². The molecule has 1 aliphatic rings. The minimum Gasteiger partial charge on any atom is -0.354 e. The topological polar surface area (TPSA) is 103 Å². The summed E-state index contributed by atoms with van der Waals surface area (Å²) in [5.41, 5.74) is 1.78. The van der Waals surface area contributed by atoms with Crippen molar-refractivity contribution in [1.82, 2.24) is 25.0 Å². The number of likely N-dealkylation sites (N-methyl/N-ethyl adjacent to an activating group) is 1. The number of aromatic nitrogens is 3. The Hall–Kier alpha value is -3.63. The Kier molecular flexibility index (Phi) is 7.29. The maximum atomic E-state index is 14.2. The van der Waals surface area contributed by atoms with Gasteiger partial charge >= 0.3 is 0 Å². The molecule has 3 heterocycles. The number of nitrogens with zero attached hydrogens (tertiary/aromatic N) is 5. The van der Waals surface area contributed by atoms with Crippen LogP contribution in [0.5, 0.6) is 0 Å². The van der Waals surface area contributed by atoms with Crippen LogP contribution in [0.15, 0.2) is 48.8 Å². The van der Waals surface area contributed by atoms with Crippen molar-refractivity contribution in [2.45, 2.75) is 6.42 Å². The molecular formula is C23H23ClFN7O2. The van der Waals surface area contributed by atoms with Gasteiger partial charge in [-0.2, -0.15) is 10.2 Å². The lowest BCUT2D eigenvalue weighted by atomic mass is 10.1. The molecule has 34 heavy (non-hydrogen) atoms. The summed E-state index contributed by atoms with van der Waals surface area (Å²) in [6.07, 6.45) is 3.23. The molecule has 0 saturated carbocycles. The molecule has 2 N–H and O–H groups in total. The minimum absolute atomic E-state index is 0.0221. The molecule has 4 rings (SSSR count). The van der Waals surface area contributed by atoms with Crippen molar-refractivity contribution >= 4 is 40.6 Å². The van der Waals surface area contributed by atoms with Crippen LogP contribution in [0.4, 0.5) is 21.6 Å². The van der Waals surface area contributed by atoms with E-state index in [2.05, 4.69) is 25.8 Å². The second-order valence-corrected chi connectivity index (χ2v) is 8.36. The van der Waals surface area contributed by atoms with E-state index >= 15 is 0 Å². The Morgan fingerprint density at radius 2 is 2.03 bits per heavy atom. The van der Waals surface area contributed by atoms with Gasteiger partial charge in [0, 0.05) is 54.6 Å². The average molecular weight is 484 g/mol. The van der Waals surface area contributed by atoms with Gasteiger partial charge in [0.15, 0.2) is 0 Å². The third-order valence-electron chi connectivity index (χ3n) is 5.29. The van der Waals surface area contributed by atoms with Gasteiger partial charge in [-0.25, -0.2) is 9.37 Å². The van der Waals surface area contributed by atoms with Crippen LogP contribution < -0.4 is 10.6 Å². The molecule has 0 bridgehead atoms. The number of piperazine rings is 1. The highest BCUT2D eigenvalue weighted by atomic mass is 35.5. The lowest BCUT2D eigenvalue weighted by Crippen LogP contribution is -2.49. The van der Waals surface area contributed by atoms with E-state index in [0.29, 0.717) is 47.5 Å². The fourth-order valence-corrected chi connectivity index (χ4v) is 3.68. The van der Waals surface area contributed by atoms with Gasteiger partial charge in [-0.3, -0.25) is 14.5 Å². The van der Waals surface area contributed by atoms with Crippen LogP contribution in [0.25, 0.3) is 11.3 Å². The molecule has 0 aliphatic carbocycles. The highest BCUT2D eigenvalue weighted by Crippen LogP contribution is 2.27. The van der Waals surface area contributed by atoms with Gasteiger partial charge in [-0.15, -0.1) is 0 Å². The predicted molar refractivity (Wildman–Crippen MR) is 127 cm³/mol. The number of amides is 2. The first-order valence-electron chi connectivity index (χ1n) is 10.6. The number of carbonyl (C=O) groups excluding carboxylic acids is 2. The molecule has 11 heteroatoms. The Labute approximate surface area is 200 Å². The largest absolute Gasteiger partial charge is 0.354 e. The summed E-state index contributed by atoms with van der Waals surface area (Å²) in [5, 5.41) is 14.2. The summed E-state index contributed by atoms with van der Waals surface area (Å²) >= 11 is 5.98. The van der Waals surface area contributed by atoms with Crippen molar-refractivity contribution in [2.24, 2.45) is 0 Å². The maximum absolute atomic E-state index is 14.2. The Bertz CT molecular complexity index is 1210. The summed E-state index contributed by atoms with van der Waals surface area (Å²) in [4.78, 5) is 32.2. The van der Waals surface area contributed by atoms with E-state index in [1.165, 1.54) is 24.4 Å². The Morgan fingerprint density at radius 3 is 2.85 bits per heavy atom. The number of halogens is 2. The zero-order chi connectivity index (χ0) is 24.1. The third-order valence-corrected chi connectivity index (χ3v) is 5.53. The minimum atomic E-state index is -0.456. The first-order chi connectivity index (χ1) is 16.4. The van der Waals surface area contributed by atoms with Gasteiger partial charge in [0.2, 0.25) is 11.8 Å². The monoisotopic (exact) mass is 483 g/mol. The van der Waals surface area contributed by atoms with Crippen molar-refractivity contribution in [3.05, 3.63) is 59.6 Å². The van der Waals surface area contributed by atoms with Crippen LogP contribution in [0, 0.1) is 5.82 Å². The summed E-state index contributed by atoms with van der Waals surface area (Å²) in [6.45, 7) is 2.13. The van der Waals surface area contributed by atoms with Crippen LogP contribution in [-0.4, -0.2) is 70.0 Å². The van der Waals surface area contributed by atoms with Crippen molar-refractivity contribution in [1.29, 1.82) is 0 Å². The van der Waals surface area contributed by atoms with E-state index in [4.69, 9.17) is 11.6 Å². The van der Waals surface area contributed by atoms with Crippen molar-refractivity contribution in [3.8, 4) is 11.3 Å². The lowest BCUT2D eigenvalue weighted by molar-refractivity contribution is -0.135. The van der Waals surface area contributed by atoms with Crippen molar-refractivity contribution in [2.75, 3.05) is 43.9 Å². The maximum Gasteiger partial charge on any atom is 0.236 e. The molecule has 1 saturated heterocycles. The summed E-state index contributed by atoms with van der Waals surface area (Å²) in [6, 6.07) is 9.26. The highest BCUT2D eigenvalue weighted by Gasteiger charge is 2.21. The van der Waals surface area contributed by atoms with Crippen LogP contribution in [0.3, 0.4) is 0 Å². The average Bonchev–Trinajstić information content (AvgIpc) is 2.80. The van der Waals surface area contributed by atoms with Gasteiger partial charge in [-0.05, 0) is 37.4 Å². The number of nitrogens with one attached hydrogen (secondary N) is 2. The van der Waals surface area contributed by atoms with E-state index in [9.17, 15) is 14.0 Å². The third kappa shape index (κ3) is 6.03. The normalized spacial score (nSPS) is 14.2. The van der Waals surface area contributed by atoms with Gasteiger partial charge in [-0.1, -0.05) is 11.6 Å². The van der Waals surface area contributed by atoms with E-state index in [1.807, 2.05) is 11.9 Å². The molecule has 3 aromatic rings. The quantitative estimate of drug-likeness (QED) is 0.532. The number of benzene rings is 1. The van der Waals surface area contributed by atoms with Crippen LogP contribution >= 0.6 is 11.6 Å². The summed E-state index contributed by atoms with van der Waals surface area (Å²) < 4.78 is 14.2. The Morgan fingerprint density at radius 1 is 1.18 bits per heavy atom. The molecule has 1 aromatic carbocycles. The number of carbonyl (C=O) groups is 2. The SMILES string of the molecule is CN1CCN(CCC(=O)Nc2cc(Nc3cnnc(-c4cc(Cl)ccc4F)c3)ccn2)C(=O)C1. The van der Waals surface area contributed by atoms with Gasteiger partial charge in [0.25, 0.3) is 0 Å². The molecular weight excluding hydrogens is 461 g/mol. The molecule has 0 radical (unpaired) electrons. The molecule has 9 nitrogen and oxygen atoms in total. The first-order valence-corrected chi connectivity index (χ1v) is 11.0. The molecule has 176 valence electrons. The van der Waals surface area contributed by atoms with E-state index in [0.717, 1.165) is 6.54 Å². The highest BCUT2D eigenvalue weighted by molar-refractivity contribution is 6.30. The fraction of sp³-hybridized carbons (Fsp3) is 0.261. The van der Waals surface area contributed by atoms with Crippen LogP contribution in [-0.2, 0) is 9.59 Å². The van der Waals surface area contributed by atoms with E-state index in [-0.39, 0.29) is 23.8 Å². The number of pyridine rings is 1. The van der Waals surface area contributed by atoms with Crippen LogP contribution in [0.1, 0.15) is 6.42 Å². The van der Waals surface area contributed by atoms with Crippen LogP contribution in [0.2, 0.25) is 5.02 Å². The van der Waals surface area contributed by atoms with E-state index < -0.39 is 5.82 Å². The summed E-state index contributed by atoms with van der Waals surface area (Å²) in [7, 11) is 1.90. The first kappa shape index (κ1) is 23.5. The zero-order valence-electron chi connectivity index (χ0n) is 18.5.